The van der Waals surface area contributed by atoms with Crippen molar-refractivity contribution < 1.29 is 19.1 Å². The van der Waals surface area contributed by atoms with E-state index in [1.807, 2.05) is 24.3 Å². The Bertz CT molecular complexity index is 472. The molecular weight excluding hydrogens is 234 g/mol. The van der Waals surface area contributed by atoms with Crippen LogP contribution < -0.4 is 4.90 Å². The molecule has 18 heavy (non-hydrogen) atoms. The Morgan fingerprint density at radius 2 is 2.00 bits per heavy atom. The third-order valence-corrected chi connectivity index (χ3v) is 3.09. The van der Waals surface area contributed by atoms with Gasteiger partial charge in [0.25, 0.3) is 0 Å². The maximum atomic E-state index is 11.7. The van der Waals surface area contributed by atoms with Gasteiger partial charge in [0.05, 0.1) is 14.2 Å². The molecule has 0 unspecified atom stereocenters. The molecule has 5 heteroatoms. The van der Waals surface area contributed by atoms with E-state index in [0.717, 1.165) is 11.3 Å². The highest BCUT2D eigenvalue weighted by Gasteiger charge is 2.36. The molecule has 0 spiro atoms. The normalized spacial score (nSPS) is 17.2. The van der Waals surface area contributed by atoms with Gasteiger partial charge in [0.1, 0.15) is 12.6 Å². The molecular formula is C13H15NO4. The van der Waals surface area contributed by atoms with Gasteiger partial charge >= 0.3 is 11.9 Å². The fourth-order valence-electron chi connectivity index (χ4n) is 2.20. The highest BCUT2D eigenvalue weighted by atomic mass is 16.5. The number of nitrogens with zero attached hydrogens (tertiary/aromatic N) is 1. The Labute approximate surface area is 105 Å². The van der Waals surface area contributed by atoms with E-state index in [-0.39, 0.29) is 18.5 Å². The van der Waals surface area contributed by atoms with Crippen molar-refractivity contribution in [2.24, 2.45) is 0 Å². The van der Waals surface area contributed by atoms with Crippen molar-refractivity contribution in [1.82, 2.24) is 0 Å². The molecule has 1 aromatic rings. The van der Waals surface area contributed by atoms with Crippen LogP contribution in [-0.4, -0.2) is 38.7 Å². The van der Waals surface area contributed by atoms with E-state index in [4.69, 9.17) is 4.74 Å². The molecule has 0 radical (unpaired) electrons. The number of ether oxygens (including phenoxy) is 2. The second-order valence-corrected chi connectivity index (χ2v) is 4.08. The third-order valence-electron chi connectivity index (χ3n) is 3.09. The van der Waals surface area contributed by atoms with E-state index in [0.29, 0.717) is 6.42 Å². The second kappa shape index (κ2) is 5.08. The van der Waals surface area contributed by atoms with Gasteiger partial charge in [0, 0.05) is 12.1 Å². The Morgan fingerprint density at radius 3 is 2.67 bits per heavy atom. The van der Waals surface area contributed by atoms with E-state index in [9.17, 15) is 9.59 Å². The highest BCUT2D eigenvalue weighted by Crippen LogP contribution is 2.32. The van der Waals surface area contributed by atoms with Crippen LogP contribution in [0.25, 0.3) is 0 Å². The minimum Gasteiger partial charge on any atom is -0.468 e. The molecule has 0 fully saturated rings. The summed E-state index contributed by atoms with van der Waals surface area (Å²) in [4.78, 5) is 24.9. The minimum absolute atomic E-state index is 0.0489. The second-order valence-electron chi connectivity index (χ2n) is 4.08. The number of rotatable bonds is 3. The van der Waals surface area contributed by atoms with E-state index >= 15 is 0 Å². The largest absolute Gasteiger partial charge is 0.468 e. The highest BCUT2D eigenvalue weighted by molar-refractivity contribution is 5.87. The molecule has 0 N–H and O–H groups in total. The van der Waals surface area contributed by atoms with Crippen molar-refractivity contribution in [3.63, 3.8) is 0 Å². The van der Waals surface area contributed by atoms with Crippen LogP contribution in [0.1, 0.15) is 5.56 Å². The van der Waals surface area contributed by atoms with Gasteiger partial charge in [-0.1, -0.05) is 18.2 Å². The van der Waals surface area contributed by atoms with Gasteiger partial charge in [0.2, 0.25) is 0 Å². The Kier molecular flexibility index (Phi) is 3.50. The van der Waals surface area contributed by atoms with Gasteiger partial charge in [-0.3, -0.25) is 4.79 Å². The van der Waals surface area contributed by atoms with E-state index in [1.54, 1.807) is 4.90 Å². The van der Waals surface area contributed by atoms with Crippen LogP contribution in [0, 0.1) is 0 Å². The Morgan fingerprint density at radius 1 is 1.28 bits per heavy atom. The SMILES string of the molecule is COC(=O)CN1c2ccccc2C[C@H]1C(=O)OC. The van der Waals surface area contributed by atoms with E-state index < -0.39 is 6.04 Å². The molecule has 0 aromatic heterocycles. The summed E-state index contributed by atoms with van der Waals surface area (Å²) in [6.07, 6.45) is 0.555. The van der Waals surface area contributed by atoms with Crippen LogP contribution in [0.2, 0.25) is 0 Å². The average Bonchev–Trinajstić information content (AvgIpc) is 2.77. The first-order valence-corrected chi connectivity index (χ1v) is 5.66. The topological polar surface area (TPSA) is 55.8 Å². The fourth-order valence-corrected chi connectivity index (χ4v) is 2.20. The fraction of sp³-hybridized carbons (Fsp3) is 0.385. The molecule has 2 rings (SSSR count). The molecule has 1 heterocycles. The number of carbonyl (C=O) groups is 2. The molecule has 1 aliphatic rings. The number of para-hydroxylation sites is 1. The number of hydrogen-bond acceptors (Lipinski definition) is 5. The monoisotopic (exact) mass is 249 g/mol. The Hall–Kier alpha value is -2.04. The summed E-state index contributed by atoms with van der Waals surface area (Å²) in [6, 6.07) is 7.17. The number of anilines is 1. The summed E-state index contributed by atoms with van der Waals surface area (Å²) in [5.74, 6) is -0.712. The van der Waals surface area contributed by atoms with Gasteiger partial charge in [-0.25, -0.2) is 4.79 Å². The van der Waals surface area contributed by atoms with Crippen LogP contribution in [0.3, 0.4) is 0 Å². The van der Waals surface area contributed by atoms with E-state index in [1.165, 1.54) is 14.2 Å². The molecule has 1 aromatic carbocycles. The molecule has 1 aliphatic heterocycles. The first kappa shape index (κ1) is 12.4. The lowest BCUT2D eigenvalue weighted by Crippen LogP contribution is -2.42. The van der Waals surface area contributed by atoms with Gasteiger partial charge in [-0.2, -0.15) is 0 Å². The molecule has 0 bridgehead atoms. The Balaban J connectivity index is 2.29. The molecule has 5 nitrogen and oxygen atoms in total. The molecule has 1 atom stereocenters. The first-order valence-electron chi connectivity index (χ1n) is 5.66. The lowest BCUT2D eigenvalue weighted by atomic mass is 10.1. The van der Waals surface area contributed by atoms with Crippen LogP contribution in [0.5, 0.6) is 0 Å². The average molecular weight is 249 g/mol. The van der Waals surface area contributed by atoms with Gasteiger partial charge in [0.15, 0.2) is 0 Å². The van der Waals surface area contributed by atoms with E-state index in [2.05, 4.69) is 4.74 Å². The van der Waals surface area contributed by atoms with Crippen molar-refractivity contribution in [3.05, 3.63) is 29.8 Å². The van der Waals surface area contributed by atoms with Gasteiger partial charge in [-0.05, 0) is 11.6 Å². The zero-order valence-electron chi connectivity index (χ0n) is 10.4. The maximum absolute atomic E-state index is 11.7. The predicted molar refractivity (Wildman–Crippen MR) is 65.3 cm³/mol. The smallest absolute Gasteiger partial charge is 0.328 e. The van der Waals surface area contributed by atoms with Gasteiger partial charge in [-0.15, -0.1) is 0 Å². The molecule has 96 valence electrons. The van der Waals surface area contributed by atoms with Crippen molar-refractivity contribution in [2.45, 2.75) is 12.5 Å². The van der Waals surface area contributed by atoms with Crippen molar-refractivity contribution in [2.75, 3.05) is 25.7 Å². The van der Waals surface area contributed by atoms with Crippen LogP contribution >= 0.6 is 0 Å². The lowest BCUT2D eigenvalue weighted by molar-refractivity contribution is -0.142. The first-order chi connectivity index (χ1) is 8.67. The number of hydrogen-bond donors (Lipinski definition) is 0. The number of carbonyl (C=O) groups excluding carboxylic acids is 2. The summed E-state index contributed by atoms with van der Waals surface area (Å²) in [6.45, 7) is 0.0489. The molecule has 0 saturated carbocycles. The summed E-state index contributed by atoms with van der Waals surface area (Å²) in [5.41, 5.74) is 1.93. The van der Waals surface area contributed by atoms with Crippen molar-refractivity contribution in [1.29, 1.82) is 0 Å². The molecule has 0 amide bonds. The van der Waals surface area contributed by atoms with Gasteiger partial charge < -0.3 is 14.4 Å². The van der Waals surface area contributed by atoms with Crippen LogP contribution in [0.15, 0.2) is 24.3 Å². The van der Waals surface area contributed by atoms with Crippen LogP contribution in [0.4, 0.5) is 5.69 Å². The number of fused-ring (bicyclic) bond motifs is 1. The number of benzene rings is 1. The molecule has 0 saturated heterocycles. The lowest BCUT2D eigenvalue weighted by Gasteiger charge is -2.24. The quantitative estimate of drug-likeness (QED) is 0.740. The van der Waals surface area contributed by atoms with Crippen molar-refractivity contribution in [3.8, 4) is 0 Å². The maximum Gasteiger partial charge on any atom is 0.328 e. The molecule has 0 aliphatic carbocycles. The number of esters is 2. The standard InChI is InChI=1S/C13H15NO4/c1-17-12(15)8-14-10-6-4-3-5-9(10)7-11(14)13(16)18-2/h3-6,11H,7-8H2,1-2H3/t11-/m0/s1. The number of methoxy groups -OCH3 is 2. The summed E-state index contributed by atoms with van der Waals surface area (Å²) in [5, 5.41) is 0. The van der Waals surface area contributed by atoms with Crippen molar-refractivity contribution >= 4 is 17.6 Å². The summed E-state index contributed by atoms with van der Waals surface area (Å²) >= 11 is 0. The summed E-state index contributed by atoms with van der Waals surface area (Å²) < 4.78 is 9.43. The minimum atomic E-state index is -0.452. The zero-order valence-corrected chi connectivity index (χ0v) is 10.4. The third kappa shape index (κ3) is 2.16. The summed E-state index contributed by atoms with van der Waals surface area (Å²) in [7, 11) is 2.68. The zero-order chi connectivity index (χ0) is 13.1. The van der Waals surface area contributed by atoms with Crippen LogP contribution in [-0.2, 0) is 25.5 Å². The predicted octanol–water partition coefficient (Wildman–Crippen LogP) is 0.764.